The largest absolute Gasteiger partial charge is 0.497 e. The van der Waals surface area contributed by atoms with Crippen molar-refractivity contribution in [2.45, 2.75) is 6.54 Å². The molecule has 24 heavy (non-hydrogen) atoms. The molecule has 0 saturated carbocycles. The van der Waals surface area contributed by atoms with Gasteiger partial charge in [-0.3, -0.25) is 9.30 Å². The van der Waals surface area contributed by atoms with Crippen LogP contribution < -0.4 is 9.64 Å². The van der Waals surface area contributed by atoms with Crippen LogP contribution in [-0.4, -0.2) is 52.6 Å². The third kappa shape index (κ3) is 2.92. The molecule has 4 rings (SSSR count). The van der Waals surface area contributed by atoms with Crippen LogP contribution in [0.1, 0.15) is 5.69 Å². The van der Waals surface area contributed by atoms with Crippen LogP contribution >= 0.6 is 0 Å². The molecule has 2 aromatic heterocycles. The summed E-state index contributed by atoms with van der Waals surface area (Å²) >= 11 is 0. The third-order valence-electron chi connectivity index (χ3n) is 4.59. The van der Waals surface area contributed by atoms with Crippen molar-refractivity contribution in [2.24, 2.45) is 0 Å². The number of anilines is 1. The first kappa shape index (κ1) is 15.0. The van der Waals surface area contributed by atoms with Gasteiger partial charge in [-0.1, -0.05) is 0 Å². The summed E-state index contributed by atoms with van der Waals surface area (Å²) in [4.78, 5) is 13.5. The minimum atomic E-state index is 0.901. The van der Waals surface area contributed by atoms with Crippen LogP contribution in [0.25, 0.3) is 5.65 Å². The summed E-state index contributed by atoms with van der Waals surface area (Å²) in [6.45, 7) is 5.05. The maximum atomic E-state index is 5.23. The Hall–Kier alpha value is -2.60. The van der Waals surface area contributed by atoms with Crippen LogP contribution in [0.3, 0.4) is 0 Å². The normalized spacial score (nSPS) is 15.8. The van der Waals surface area contributed by atoms with E-state index in [1.54, 1.807) is 13.3 Å². The van der Waals surface area contributed by atoms with Crippen molar-refractivity contribution >= 4 is 11.3 Å². The van der Waals surface area contributed by atoms with Gasteiger partial charge < -0.3 is 9.64 Å². The van der Waals surface area contributed by atoms with Crippen LogP contribution in [0, 0.1) is 0 Å². The molecule has 0 spiro atoms. The minimum Gasteiger partial charge on any atom is -0.497 e. The smallest absolute Gasteiger partial charge is 0.139 e. The number of imidazole rings is 1. The predicted molar refractivity (Wildman–Crippen MR) is 93.5 cm³/mol. The number of ether oxygens (including phenoxy) is 1. The topological polar surface area (TPSA) is 45.9 Å². The van der Waals surface area contributed by atoms with Crippen molar-refractivity contribution in [3.05, 3.63) is 54.7 Å². The average Bonchev–Trinajstić information content (AvgIpc) is 3.06. The molecular formula is C18H21N5O. The van der Waals surface area contributed by atoms with Gasteiger partial charge in [0.15, 0.2) is 0 Å². The van der Waals surface area contributed by atoms with E-state index in [4.69, 9.17) is 4.74 Å². The number of aromatic nitrogens is 3. The van der Waals surface area contributed by atoms with Gasteiger partial charge in [0.05, 0.1) is 19.0 Å². The molecule has 3 aromatic rings. The summed E-state index contributed by atoms with van der Waals surface area (Å²) in [6.07, 6.45) is 5.57. The van der Waals surface area contributed by atoms with E-state index in [2.05, 4.69) is 36.3 Å². The maximum absolute atomic E-state index is 5.23. The van der Waals surface area contributed by atoms with Crippen LogP contribution in [0.4, 0.5) is 5.69 Å². The molecule has 0 N–H and O–H groups in total. The summed E-state index contributed by atoms with van der Waals surface area (Å²) in [5.41, 5.74) is 3.40. The molecule has 0 bridgehead atoms. The Morgan fingerprint density at radius 2 is 1.83 bits per heavy atom. The fourth-order valence-electron chi connectivity index (χ4n) is 3.19. The third-order valence-corrected chi connectivity index (χ3v) is 4.59. The van der Waals surface area contributed by atoms with Gasteiger partial charge in [-0.2, -0.15) is 0 Å². The van der Waals surface area contributed by atoms with Crippen molar-refractivity contribution < 1.29 is 4.74 Å². The van der Waals surface area contributed by atoms with Gasteiger partial charge in [0.25, 0.3) is 0 Å². The van der Waals surface area contributed by atoms with Crippen LogP contribution in [0.15, 0.2) is 49.1 Å². The van der Waals surface area contributed by atoms with Gasteiger partial charge >= 0.3 is 0 Å². The first-order valence-corrected chi connectivity index (χ1v) is 8.21. The van der Waals surface area contributed by atoms with Crippen molar-refractivity contribution in [3.63, 3.8) is 0 Å². The summed E-state index contributed by atoms with van der Waals surface area (Å²) in [6, 6.07) is 10.2. The standard InChI is InChI=1S/C18H21N5O/c1-24-17-4-2-15(3-5-17)22-10-8-21(9-11-22)13-16-12-20-18-6-7-19-14-23(16)18/h2-7,12,14H,8-11,13H2,1H3. The van der Waals surface area contributed by atoms with E-state index in [0.717, 1.165) is 44.1 Å². The molecule has 0 aliphatic carbocycles. The molecule has 0 atom stereocenters. The highest BCUT2D eigenvalue weighted by Crippen LogP contribution is 2.21. The van der Waals surface area contributed by atoms with E-state index >= 15 is 0 Å². The molecule has 1 aliphatic heterocycles. The molecule has 124 valence electrons. The highest BCUT2D eigenvalue weighted by Gasteiger charge is 2.18. The molecule has 3 heterocycles. The Balaban J connectivity index is 1.39. The van der Waals surface area contributed by atoms with Gasteiger partial charge in [0.2, 0.25) is 0 Å². The van der Waals surface area contributed by atoms with Gasteiger partial charge in [-0.15, -0.1) is 0 Å². The monoisotopic (exact) mass is 323 g/mol. The summed E-state index contributed by atoms with van der Waals surface area (Å²) in [5, 5.41) is 0. The average molecular weight is 323 g/mol. The molecule has 1 fully saturated rings. The fraction of sp³-hybridized carbons (Fsp3) is 0.333. The van der Waals surface area contributed by atoms with Crippen LogP contribution in [0.2, 0.25) is 0 Å². The molecular weight excluding hydrogens is 302 g/mol. The van der Waals surface area contributed by atoms with E-state index in [0.29, 0.717) is 0 Å². The maximum Gasteiger partial charge on any atom is 0.139 e. The highest BCUT2D eigenvalue weighted by molar-refractivity contribution is 5.49. The lowest BCUT2D eigenvalue weighted by atomic mass is 10.2. The quantitative estimate of drug-likeness (QED) is 0.735. The van der Waals surface area contributed by atoms with E-state index in [1.807, 2.05) is 30.7 Å². The number of methoxy groups -OCH3 is 1. The molecule has 1 saturated heterocycles. The van der Waals surface area contributed by atoms with Gasteiger partial charge in [-0.05, 0) is 30.3 Å². The number of piperazine rings is 1. The Bertz CT molecular complexity index is 806. The lowest BCUT2D eigenvalue weighted by molar-refractivity contribution is 0.246. The van der Waals surface area contributed by atoms with Crippen molar-refractivity contribution in [1.29, 1.82) is 0 Å². The zero-order chi connectivity index (χ0) is 16.4. The van der Waals surface area contributed by atoms with E-state index in [1.165, 1.54) is 11.4 Å². The first-order valence-electron chi connectivity index (χ1n) is 8.21. The summed E-state index contributed by atoms with van der Waals surface area (Å²) in [7, 11) is 1.70. The SMILES string of the molecule is COc1ccc(N2CCN(Cc3cnc4ccncn34)CC2)cc1. The molecule has 0 amide bonds. The van der Waals surface area contributed by atoms with E-state index in [9.17, 15) is 0 Å². The fourth-order valence-corrected chi connectivity index (χ4v) is 3.19. The molecule has 0 radical (unpaired) electrons. The second kappa shape index (κ2) is 6.49. The zero-order valence-electron chi connectivity index (χ0n) is 13.8. The number of hydrogen-bond acceptors (Lipinski definition) is 5. The molecule has 6 heteroatoms. The predicted octanol–water partition coefficient (Wildman–Crippen LogP) is 2.06. The molecule has 6 nitrogen and oxygen atoms in total. The number of benzene rings is 1. The lowest BCUT2D eigenvalue weighted by Crippen LogP contribution is -2.46. The highest BCUT2D eigenvalue weighted by atomic mass is 16.5. The Labute approximate surface area is 141 Å². The second-order valence-electron chi connectivity index (χ2n) is 6.02. The first-order chi connectivity index (χ1) is 11.8. The number of fused-ring (bicyclic) bond motifs is 1. The number of hydrogen-bond donors (Lipinski definition) is 0. The van der Waals surface area contributed by atoms with Crippen LogP contribution in [0.5, 0.6) is 5.75 Å². The Morgan fingerprint density at radius 1 is 1.04 bits per heavy atom. The number of rotatable bonds is 4. The van der Waals surface area contributed by atoms with E-state index in [-0.39, 0.29) is 0 Å². The van der Waals surface area contributed by atoms with Crippen LogP contribution in [-0.2, 0) is 6.54 Å². The van der Waals surface area contributed by atoms with E-state index < -0.39 is 0 Å². The van der Waals surface area contributed by atoms with Crippen molar-refractivity contribution in [3.8, 4) is 5.75 Å². The van der Waals surface area contributed by atoms with Gasteiger partial charge in [0.1, 0.15) is 17.7 Å². The van der Waals surface area contributed by atoms with Crippen molar-refractivity contribution in [2.75, 3.05) is 38.2 Å². The second-order valence-corrected chi connectivity index (χ2v) is 6.02. The Kier molecular flexibility index (Phi) is 4.04. The molecule has 1 aromatic carbocycles. The zero-order valence-corrected chi connectivity index (χ0v) is 13.8. The summed E-state index contributed by atoms with van der Waals surface area (Å²) in [5.74, 6) is 0.901. The lowest BCUT2D eigenvalue weighted by Gasteiger charge is -2.36. The minimum absolute atomic E-state index is 0.901. The van der Waals surface area contributed by atoms with Gasteiger partial charge in [0, 0.05) is 44.6 Å². The molecule has 0 unspecified atom stereocenters. The van der Waals surface area contributed by atoms with Crippen molar-refractivity contribution in [1.82, 2.24) is 19.3 Å². The number of nitrogens with zero attached hydrogens (tertiary/aromatic N) is 5. The molecule has 1 aliphatic rings. The Morgan fingerprint density at radius 3 is 2.58 bits per heavy atom. The van der Waals surface area contributed by atoms with Gasteiger partial charge in [-0.25, -0.2) is 9.97 Å². The summed E-state index contributed by atoms with van der Waals surface area (Å²) < 4.78 is 7.29.